The Bertz CT molecular complexity index is 468. The lowest BCUT2D eigenvalue weighted by Crippen LogP contribution is -2.40. The van der Waals surface area contributed by atoms with Crippen molar-refractivity contribution in [2.24, 2.45) is 7.05 Å². The smallest absolute Gasteiger partial charge is 0.246 e. The summed E-state index contributed by atoms with van der Waals surface area (Å²) in [4.78, 5) is 0.224. The molecule has 0 radical (unpaired) electrons. The van der Waals surface area contributed by atoms with Gasteiger partial charge in [0.25, 0.3) is 0 Å². The molecule has 0 unspecified atom stereocenters. The fourth-order valence-electron chi connectivity index (χ4n) is 1.95. The standard InChI is InChI=1S/C11H20ClN3O2S/c1-4-10(5-2)15(7-6-12)18(16,17)11-8-13-14(3)9-11/h8-10H,4-7H2,1-3H3. The van der Waals surface area contributed by atoms with Crippen LogP contribution in [-0.2, 0) is 17.1 Å². The monoisotopic (exact) mass is 293 g/mol. The van der Waals surface area contributed by atoms with Gasteiger partial charge in [0, 0.05) is 31.7 Å². The van der Waals surface area contributed by atoms with Crippen molar-refractivity contribution in [3.8, 4) is 0 Å². The lowest BCUT2D eigenvalue weighted by atomic mass is 10.2. The largest absolute Gasteiger partial charge is 0.274 e. The third kappa shape index (κ3) is 3.24. The van der Waals surface area contributed by atoms with Crippen LogP contribution in [0.15, 0.2) is 17.3 Å². The molecule has 0 aliphatic heterocycles. The molecule has 0 aliphatic rings. The molecule has 104 valence electrons. The number of sulfonamides is 1. The third-order valence-electron chi connectivity index (χ3n) is 2.94. The molecule has 0 saturated heterocycles. The van der Waals surface area contributed by atoms with Crippen molar-refractivity contribution in [1.29, 1.82) is 0 Å². The highest BCUT2D eigenvalue weighted by atomic mass is 35.5. The van der Waals surface area contributed by atoms with E-state index in [1.165, 1.54) is 21.4 Å². The fourth-order valence-corrected chi connectivity index (χ4v) is 3.99. The van der Waals surface area contributed by atoms with Crippen molar-refractivity contribution in [2.75, 3.05) is 12.4 Å². The van der Waals surface area contributed by atoms with Crippen molar-refractivity contribution < 1.29 is 8.42 Å². The van der Waals surface area contributed by atoms with E-state index in [9.17, 15) is 8.42 Å². The van der Waals surface area contributed by atoms with Crippen LogP contribution in [-0.4, -0.2) is 41.0 Å². The predicted molar refractivity (Wildman–Crippen MR) is 72.2 cm³/mol. The Morgan fingerprint density at radius 3 is 2.44 bits per heavy atom. The minimum atomic E-state index is -3.50. The maximum atomic E-state index is 12.5. The molecule has 0 aliphatic carbocycles. The van der Waals surface area contributed by atoms with E-state index < -0.39 is 10.0 Å². The first kappa shape index (κ1) is 15.5. The summed E-state index contributed by atoms with van der Waals surface area (Å²) < 4.78 is 28.0. The van der Waals surface area contributed by atoms with E-state index in [2.05, 4.69) is 5.10 Å². The number of alkyl halides is 1. The van der Waals surface area contributed by atoms with Gasteiger partial charge in [-0.3, -0.25) is 4.68 Å². The van der Waals surface area contributed by atoms with Crippen LogP contribution in [0.5, 0.6) is 0 Å². The molecule has 0 fully saturated rings. The van der Waals surface area contributed by atoms with E-state index in [1.807, 2.05) is 13.8 Å². The van der Waals surface area contributed by atoms with Crippen molar-refractivity contribution in [2.45, 2.75) is 37.6 Å². The average molecular weight is 294 g/mol. The number of nitrogens with zero attached hydrogens (tertiary/aromatic N) is 3. The zero-order valence-corrected chi connectivity index (χ0v) is 12.6. The van der Waals surface area contributed by atoms with Crippen molar-refractivity contribution in [1.82, 2.24) is 14.1 Å². The van der Waals surface area contributed by atoms with Crippen LogP contribution in [0.3, 0.4) is 0 Å². The van der Waals surface area contributed by atoms with Gasteiger partial charge in [-0.2, -0.15) is 9.40 Å². The van der Waals surface area contributed by atoms with E-state index in [0.29, 0.717) is 6.54 Å². The molecular formula is C11H20ClN3O2S. The van der Waals surface area contributed by atoms with Gasteiger partial charge in [0.2, 0.25) is 10.0 Å². The first-order valence-electron chi connectivity index (χ1n) is 6.03. The van der Waals surface area contributed by atoms with Crippen molar-refractivity contribution in [3.05, 3.63) is 12.4 Å². The lowest BCUT2D eigenvalue weighted by molar-refractivity contribution is 0.316. The van der Waals surface area contributed by atoms with Gasteiger partial charge in [-0.05, 0) is 12.8 Å². The lowest BCUT2D eigenvalue weighted by Gasteiger charge is -2.28. The second kappa shape index (κ2) is 6.54. The molecule has 1 aromatic heterocycles. The SMILES string of the molecule is CCC(CC)N(CCCl)S(=O)(=O)c1cnn(C)c1. The predicted octanol–water partition coefficient (Wildman–Crippen LogP) is 1.84. The Morgan fingerprint density at radius 1 is 1.44 bits per heavy atom. The van der Waals surface area contributed by atoms with Crippen molar-refractivity contribution in [3.63, 3.8) is 0 Å². The summed E-state index contributed by atoms with van der Waals surface area (Å²) in [5, 5.41) is 3.91. The van der Waals surface area contributed by atoms with Crippen molar-refractivity contribution >= 4 is 21.6 Å². The average Bonchev–Trinajstić information content (AvgIpc) is 2.77. The molecule has 0 saturated carbocycles. The maximum absolute atomic E-state index is 12.5. The van der Waals surface area contributed by atoms with Gasteiger partial charge in [0.15, 0.2) is 0 Å². The molecule has 0 atom stereocenters. The molecule has 7 heteroatoms. The van der Waals surface area contributed by atoms with Crippen LogP contribution >= 0.6 is 11.6 Å². The van der Waals surface area contributed by atoms with Crippen LogP contribution < -0.4 is 0 Å². The Morgan fingerprint density at radius 2 is 2.06 bits per heavy atom. The second-order valence-electron chi connectivity index (χ2n) is 4.12. The minimum Gasteiger partial charge on any atom is -0.274 e. The third-order valence-corrected chi connectivity index (χ3v) is 5.02. The van der Waals surface area contributed by atoms with Gasteiger partial charge in [-0.15, -0.1) is 11.6 Å². The highest BCUT2D eigenvalue weighted by Gasteiger charge is 2.30. The molecule has 1 rings (SSSR count). The number of hydrogen-bond acceptors (Lipinski definition) is 3. The Kier molecular flexibility index (Phi) is 5.62. The van der Waals surface area contributed by atoms with Crippen LogP contribution in [0.25, 0.3) is 0 Å². The molecule has 0 amide bonds. The maximum Gasteiger partial charge on any atom is 0.246 e. The van der Waals surface area contributed by atoms with E-state index in [4.69, 9.17) is 11.6 Å². The second-order valence-corrected chi connectivity index (χ2v) is 6.39. The minimum absolute atomic E-state index is 0.0195. The van der Waals surface area contributed by atoms with Crippen LogP contribution in [0, 0.1) is 0 Å². The zero-order valence-electron chi connectivity index (χ0n) is 11.0. The highest BCUT2D eigenvalue weighted by Crippen LogP contribution is 2.20. The van der Waals surface area contributed by atoms with E-state index in [1.54, 1.807) is 7.05 Å². The highest BCUT2D eigenvalue weighted by molar-refractivity contribution is 7.89. The fraction of sp³-hybridized carbons (Fsp3) is 0.727. The number of aryl methyl sites for hydroxylation is 1. The van der Waals surface area contributed by atoms with E-state index in [-0.39, 0.29) is 16.8 Å². The number of halogens is 1. The van der Waals surface area contributed by atoms with Crippen LogP contribution in [0.2, 0.25) is 0 Å². The van der Waals surface area contributed by atoms with Crippen LogP contribution in [0.4, 0.5) is 0 Å². The normalized spacial score (nSPS) is 12.6. The van der Waals surface area contributed by atoms with Gasteiger partial charge in [0.05, 0.1) is 6.20 Å². The van der Waals surface area contributed by atoms with Gasteiger partial charge >= 0.3 is 0 Å². The quantitative estimate of drug-likeness (QED) is 0.721. The molecule has 1 heterocycles. The number of rotatable bonds is 7. The number of hydrogen-bond donors (Lipinski definition) is 0. The Labute approximate surface area is 114 Å². The van der Waals surface area contributed by atoms with Gasteiger partial charge in [-0.25, -0.2) is 8.42 Å². The molecule has 1 aromatic rings. The summed E-state index contributed by atoms with van der Waals surface area (Å²) in [5.41, 5.74) is 0. The first-order chi connectivity index (χ1) is 8.47. The molecule has 18 heavy (non-hydrogen) atoms. The molecule has 5 nitrogen and oxygen atoms in total. The summed E-state index contributed by atoms with van der Waals surface area (Å²) in [7, 11) is -1.80. The first-order valence-corrected chi connectivity index (χ1v) is 8.01. The van der Waals surface area contributed by atoms with Crippen LogP contribution in [0.1, 0.15) is 26.7 Å². The summed E-state index contributed by atoms with van der Waals surface area (Å²) in [6.45, 7) is 4.29. The summed E-state index contributed by atoms with van der Waals surface area (Å²) in [6.07, 6.45) is 4.43. The number of aromatic nitrogens is 2. The Balaban J connectivity index is 3.11. The Hall–Kier alpha value is -0.590. The van der Waals surface area contributed by atoms with E-state index in [0.717, 1.165) is 12.8 Å². The van der Waals surface area contributed by atoms with Gasteiger partial charge in [-0.1, -0.05) is 13.8 Å². The van der Waals surface area contributed by atoms with E-state index >= 15 is 0 Å². The topological polar surface area (TPSA) is 55.2 Å². The van der Waals surface area contributed by atoms with Gasteiger partial charge < -0.3 is 0 Å². The van der Waals surface area contributed by atoms with Gasteiger partial charge in [0.1, 0.15) is 4.90 Å². The summed E-state index contributed by atoms with van der Waals surface area (Å²) in [5.74, 6) is 0.288. The zero-order chi connectivity index (χ0) is 13.8. The molecule has 0 aromatic carbocycles. The summed E-state index contributed by atoms with van der Waals surface area (Å²) >= 11 is 5.73. The molecular weight excluding hydrogens is 274 g/mol. The molecule has 0 spiro atoms. The molecule has 0 bridgehead atoms. The molecule has 0 N–H and O–H groups in total. The summed E-state index contributed by atoms with van der Waals surface area (Å²) in [6, 6.07) is -0.0195.